The highest BCUT2D eigenvalue weighted by Crippen LogP contribution is 2.46. The molecule has 0 aliphatic carbocycles. The van der Waals surface area contributed by atoms with Gasteiger partial charge in [0.1, 0.15) is 28.4 Å². The number of benzene rings is 14. The summed E-state index contributed by atoms with van der Waals surface area (Å²) in [4.78, 5) is 20.7. The van der Waals surface area contributed by atoms with Gasteiger partial charge in [0.2, 0.25) is 0 Å². The van der Waals surface area contributed by atoms with Gasteiger partial charge in [0.25, 0.3) is 0 Å². The van der Waals surface area contributed by atoms with Gasteiger partial charge in [0, 0.05) is 116 Å². The van der Waals surface area contributed by atoms with E-state index in [9.17, 15) is 0 Å². The van der Waals surface area contributed by atoms with Crippen LogP contribution < -0.4 is 0 Å². The summed E-state index contributed by atoms with van der Waals surface area (Å²) in [6, 6.07) is 119. The van der Waals surface area contributed by atoms with Crippen LogP contribution in [0.25, 0.3) is 199 Å². The van der Waals surface area contributed by atoms with E-state index in [0.717, 1.165) is 172 Å². The van der Waals surface area contributed by atoms with Gasteiger partial charge < -0.3 is 18.0 Å². The normalized spacial score (nSPS) is 11.9. The maximum absolute atomic E-state index is 6.67. The van der Waals surface area contributed by atoms with E-state index in [2.05, 4.69) is 291 Å². The van der Waals surface area contributed by atoms with Crippen molar-refractivity contribution < 1.29 is 8.83 Å². The molecule has 8 heterocycles. The highest BCUT2D eigenvalue weighted by molar-refractivity contribution is 6.26. The summed E-state index contributed by atoms with van der Waals surface area (Å²) in [7, 11) is 0. The molecule has 22 aromatic rings. The Labute approximate surface area is 582 Å². The average Bonchev–Trinajstić information content (AvgIpc) is 1.55. The number of hydrogen-bond acceptors (Lipinski definition) is 6. The Balaban J connectivity index is 0.000000133. The summed E-state index contributed by atoms with van der Waals surface area (Å²) in [5.41, 5.74) is 20.3. The van der Waals surface area contributed by atoms with Crippen LogP contribution in [-0.4, -0.2) is 38.2 Å². The molecule has 0 atom stereocenters. The molecule has 476 valence electrons. The number of furan rings is 2. The molecule has 0 saturated heterocycles. The fourth-order valence-corrected chi connectivity index (χ4v) is 15.7. The summed E-state index contributed by atoms with van der Waals surface area (Å²) >= 11 is 0. The topological polar surface area (TPSA) is 97.6 Å². The summed E-state index contributed by atoms with van der Waals surface area (Å²) in [6.07, 6.45) is 0. The van der Waals surface area contributed by atoms with E-state index in [0.29, 0.717) is 11.6 Å². The highest BCUT2D eigenvalue weighted by Gasteiger charge is 2.26. The second-order valence-corrected chi connectivity index (χ2v) is 26.1. The van der Waals surface area contributed by atoms with Crippen LogP contribution in [0.4, 0.5) is 0 Å². The van der Waals surface area contributed by atoms with E-state index >= 15 is 0 Å². The first kappa shape index (κ1) is 57.1. The molecule has 0 N–H and O–H groups in total. The monoisotopic (exact) mass is 1300 g/mol. The lowest BCUT2D eigenvalue weighted by Crippen LogP contribution is -2.02. The SMILES string of the molecule is c1ccc(-c2cc(-n3c4ccccc4c4cc5c(cc43)c3cc4c(cc3n5-c3ccccc3)oc3ccccc34)nc(-c3ccccc3)n2)cc1.c1ccc(-c2cc(-n3c4ccccc4c4cc5c(cc43)c3ccc4c6ccccc6oc4c3n5-c3ccccc3)nc(-c3ccccc3)n2)cc1. The molecule has 0 spiro atoms. The quantitative estimate of drug-likeness (QED) is 0.150. The van der Waals surface area contributed by atoms with Crippen LogP contribution in [0, 0.1) is 0 Å². The molecule has 22 rings (SSSR count). The number of rotatable bonds is 8. The minimum atomic E-state index is 0.687. The van der Waals surface area contributed by atoms with Crippen molar-refractivity contribution in [3.05, 3.63) is 340 Å². The van der Waals surface area contributed by atoms with Crippen molar-refractivity contribution in [1.82, 2.24) is 38.2 Å². The van der Waals surface area contributed by atoms with E-state index < -0.39 is 0 Å². The standard InChI is InChI=1S/2C46H28N4O/c1-4-14-29(15-5-1)38-27-45(48-46(47-38)30-16-6-2-7-17-30)50-39-22-12-10-20-32(39)35-25-40-36(26-41(35)50)34-24-37-33-21-11-13-23-43(33)51-44(37)28-42(34)49(40)31-18-8-3-9-19-31;1-4-14-29(15-5-1)38-28-43(48-46(47-38)30-16-6-2-7-17-30)50-39-22-12-10-20-32(39)36-26-40-37(27-41(36)50)34-24-25-35-33-21-11-13-23-42(33)51-45(35)44(34)49(40)31-18-8-3-9-19-31/h2*1-28H. The van der Waals surface area contributed by atoms with E-state index in [-0.39, 0.29) is 0 Å². The van der Waals surface area contributed by atoms with Gasteiger partial charge in [0.05, 0.1) is 55.5 Å². The van der Waals surface area contributed by atoms with Crippen molar-refractivity contribution in [2.45, 2.75) is 0 Å². The Hall–Kier alpha value is -14.0. The van der Waals surface area contributed by atoms with Gasteiger partial charge in [-0.1, -0.05) is 237 Å². The Bertz CT molecular complexity index is 6980. The molecule has 0 saturated carbocycles. The van der Waals surface area contributed by atoms with E-state index in [1.807, 2.05) is 66.7 Å². The van der Waals surface area contributed by atoms with Crippen LogP contribution in [0.5, 0.6) is 0 Å². The van der Waals surface area contributed by atoms with Crippen LogP contribution in [0.2, 0.25) is 0 Å². The largest absolute Gasteiger partial charge is 0.456 e. The maximum Gasteiger partial charge on any atom is 0.162 e. The van der Waals surface area contributed by atoms with E-state index in [1.165, 1.54) is 16.2 Å². The lowest BCUT2D eigenvalue weighted by Gasteiger charge is -2.12. The van der Waals surface area contributed by atoms with Crippen LogP contribution in [0.3, 0.4) is 0 Å². The van der Waals surface area contributed by atoms with Crippen molar-refractivity contribution in [3.63, 3.8) is 0 Å². The summed E-state index contributed by atoms with van der Waals surface area (Å²) in [5, 5.41) is 13.7. The molecule has 0 radical (unpaired) electrons. The van der Waals surface area contributed by atoms with Gasteiger partial charge >= 0.3 is 0 Å². The summed E-state index contributed by atoms with van der Waals surface area (Å²) in [6.45, 7) is 0. The second-order valence-electron chi connectivity index (χ2n) is 26.1. The van der Waals surface area contributed by atoms with Gasteiger partial charge in [0.15, 0.2) is 17.2 Å². The molecule has 10 heteroatoms. The lowest BCUT2D eigenvalue weighted by molar-refractivity contribution is 0.669. The molecule has 8 aromatic heterocycles. The third-order valence-corrected chi connectivity index (χ3v) is 20.2. The number of fused-ring (bicyclic) bond motifs is 19. The van der Waals surface area contributed by atoms with Crippen LogP contribution in [-0.2, 0) is 0 Å². The first-order chi connectivity index (χ1) is 50.6. The molecular weight excluding hydrogens is 1250 g/mol. The Kier molecular flexibility index (Phi) is 12.8. The molecular formula is C92H56N8O2. The maximum atomic E-state index is 6.67. The highest BCUT2D eigenvalue weighted by atomic mass is 16.3. The third-order valence-electron chi connectivity index (χ3n) is 20.2. The van der Waals surface area contributed by atoms with Gasteiger partial charge in [-0.15, -0.1) is 0 Å². The zero-order valence-electron chi connectivity index (χ0n) is 54.7. The fourth-order valence-electron chi connectivity index (χ4n) is 15.7. The minimum Gasteiger partial charge on any atom is -0.456 e. The summed E-state index contributed by atoms with van der Waals surface area (Å²) < 4.78 is 22.4. The van der Waals surface area contributed by atoms with E-state index in [4.69, 9.17) is 28.8 Å². The van der Waals surface area contributed by atoms with Gasteiger partial charge in [-0.3, -0.25) is 9.13 Å². The number of nitrogens with zero attached hydrogens (tertiary/aromatic N) is 8. The number of hydrogen-bond donors (Lipinski definition) is 0. The van der Waals surface area contributed by atoms with Crippen molar-refractivity contribution in [2.75, 3.05) is 0 Å². The minimum absolute atomic E-state index is 0.687. The number of para-hydroxylation sites is 6. The Morgan fingerprint density at radius 3 is 1.09 bits per heavy atom. The predicted molar refractivity (Wildman–Crippen MR) is 418 cm³/mol. The molecule has 14 aromatic carbocycles. The third kappa shape index (κ3) is 8.99. The van der Waals surface area contributed by atoms with Crippen molar-refractivity contribution >= 4 is 131 Å². The molecule has 0 fully saturated rings. The van der Waals surface area contributed by atoms with Gasteiger partial charge in [-0.25, -0.2) is 19.9 Å². The smallest absolute Gasteiger partial charge is 0.162 e. The summed E-state index contributed by atoms with van der Waals surface area (Å²) in [5.74, 6) is 3.02. The molecule has 0 unspecified atom stereocenters. The van der Waals surface area contributed by atoms with Gasteiger partial charge in [-0.05, 0) is 84.9 Å². The number of aromatic nitrogens is 8. The lowest BCUT2D eigenvalue weighted by atomic mass is 10.1. The van der Waals surface area contributed by atoms with Crippen LogP contribution in [0.1, 0.15) is 0 Å². The molecule has 10 nitrogen and oxygen atoms in total. The first-order valence-corrected chi connectivity index (χ1v) is 34.3. The van der Waals surface area contributed by atoms with Gasteiger partial charge in [-0.2, -0.15) is 0 Å². The Morgan fingerprint density at radius 1 is 0.206 bits per heavy atom. The van der Waals surface area contributed by atoms with Crippen LogP contribution >= 0.6 is 0 Å². The van der Waals surface area contributed by atoms with E-state index in [1.54, 1.807) is 0 Å². The molecule has 0 aliphatic rings. The average molecular weight is 1310 g/mol. The van der Waals surface area contributed by atoms with Crippen molar-refractivity contribution in [2.24, 2.45) is 0 Å². The molecule has 0 aliphatic heterocycles. The first-order valence-electron chi connectivity index (χ1n) is 34.3. The molecule has 102 heavy (non-hydrogen) atoms. The fraction of sp³-hybridized carbons (Fsp3) is 0. The molecule has 0 bridgehead atoms. The second kappa shape index (κ2) is 22.8. The van der Waals surface area contributed by atoms with Crippen molar-refractivity contribution in [1.29, 1.82) is 0 Å². The Morgan fingerprint density at radius 2 is 0.569 bits per heavy atom. The molecule has 0 amide bonds. The van der Waals surface area contributed by atoms with Crippen molar-refractivity contribution in [3.8, 4) is 68.3 Å². The predicted octanol–water partition coefficient (Wildman–Crippen LogP) is 23.8. The van der Waals surface area contributed by atoms with Crippen LogP contribution in [0.15, 0.2) is 349 Å². The zero-order chi connectivity index (χ0) is 66.9. The zero-order valence-corrected chi connectivity index (χ0v) is 54.7.